The highest BCUT2D eigenvalue weighted by molar-refractivity contribution is 7.17. The van der Waals surface area contributed by atoms with Gasteiger partial charge in [0.05, 0.1) is 22.7 Å². The number of aliphatic hydroxyl groups excluding tert-OH is 1. The summed E-state index contributed by atoms with van der Waals surface area (Å²) >= 11 is 1.11. The number of halogens is 3. The van der Waals surface area contributed by atoms with Crippen LogP contribution in [0.25, 0.3) is 10.4 Å². The van der Waals surface area contributed by atoms with Gasteiger partial charge in [0.15, 0.2) is 11.6 Å². The van der Waals surface area contributed by atoms with E-state index in [2.05, 4.69) is 5.32 Å². The summed E-state index contributed by atoms with van der Waals surface area (Å²) in [7, 11) is 0. The van der Waals surface area contributed by atoms with E-state index in [4.69, 9.17) is 10.7 Å². The maximum absolute atomic E-state index is 13.5. The van der Waals surface area contributed by atoms with Crippen LogP contribution in [0.1, 0.15) is 75.8 Å². The van der Waals surface area contributed by atoms with Crippen molar-refractivity contribution in [1.82, 2.24) is 10.3 Å². The lowest BCUT2D eigenvalue weighted by Gasteiger charge is -2.19. The van der Waals surface area contributed by atoms with E-state index < -0.39 is 30.1 Å². The molecule has 43 heavy (non-hydrogen) atoms. The van der Waals surface area contributed by atoms with Crippen molar-refractivity contribution in [2.45, 2.75) is 60.1 Å². The van der Waals surface area contributed by atoms with Crippen LogP contribution in [0, 0.1) is 23.4 Å². The molecular weight excluding hydrogens is 575 g/mol. The molecule has 10 heteroatoms. The van der Waals surface area contributed by atoms with Crippen LogP contribution in [-0.4, -0.2) is 21.9 Å². The summed E-state index contributed by atoms with van der Waals surface area (Å²) in [6.45, 7) is 7.55. The number of hydrogen-bond donors (Lipinski definition) is 3. The number of aromatic nitrogens is 1. The van der Waals surface area contributed by atoms with Gasteiger partial charge < -0.3 is 16.2 Å². The molecule has 4 N–H and O–H groups in total. The number of hydrogen-bond acceptors (Lipinski definition) is 5. The fourth-order valence-electron chi connectivity index (χ4n) is 4.60. The molecule has 0 atom stereocenters. The Bertz CT molecular complexity index is 1570. The van der Waals surface area contributed by atoms with Crippen LogP contribution in [0.4, 0.5) is 13.2 Å². The smallest absolute Gasteiger partial charge is 0.261 e. The number of nitrogens with two attached hydrogens (primary N) is 1. The van der Waals surface area contributed by atoms with Crippen LogP contribution in [0.2, 0.25) is 0 Å². The molecule has 4 rings (SSSR count). The largest absolute Gasteiger partial charge is 0.392 e. The van der Waals surface area contributed by atoms with Crippen molar-refractivity contribution in [3.05, 3.63) is 111 Å². The first kappa shape index (κ1) is 33.5. The maximum Gasteiger partial charge on any atom is 0.261 e. The number of benzene rings is 2. The van der Waals surface area contributed by atoms with E-state index in [0.717, 1.165) is 29.0 Å². The third-order valence-electron chi connectivity index (χ3n) is 6.54. The van der Waals surface area contributed by atoms with Gasteiger partial charge in [0, 0.05) is 28.2 Å². The van der Waals surface area contributed by atoms with Crippen molar-refractivity contribution < 1.29 is 27.9 Å². The minimum absolute atomic E-state index is 0.0149. The number of aliphatic hydroxyl groups is 1. The molecule has 2 aromatic carbocycles. The Morgan fingerprint density at radius 1 is 0.930 bits per heavy atom. The molecule has 0 spiro atoms. The zero-order valence-corrected chi connectivity index (χ0v) is 25.5. The normalized spacial score (nSPS) is 10.8. The molecule has 0 bridgehead atoms. The summed E-state index contributed by atoms with van der Waals surface area (Å²) in [4.78, 5) is 31.3. The van der Waals surface area contributed by atoms with Gasteiger partial charge in [-0.25, -0.2) is 13.2 Å². The highest BCUT2D eigenvalue weighted by Gasteiger charge is 2.26. The second-order valence-corrected chi connectivity index (χ2v) is 11.2. The number of nitrogens with one attached hydrogen (secondary N) is 1. The lowest BCUT2D eigenvalue weighted by molar-refractivity contribution is 0.0953. The third kappa shape index (κ3) is 8.52. The molecule has 0 aliphatic rings. The van der Waals surface area contributed by atoms with Crippen LogP contribution in [0.15, 0.2) is 54.6 Å². The number of carbonyl (C=O) groups is 2. The molecule has 2 amide bonds. The van der Waals surface area contributed by atoms with E-state index in [-0.39, 0.29) is 23.8 Å². The summed E-state index contributed by atoms with van der Waals surface area (Å²) < 4.78 is 40.1. The Labute approximate surface area is 253 Å². The van der Waals surface area contributed by atoms with Crippen molar-refractivity contribution in [1.29, 1.82) is 0 Å². The Morgan fingerprint density at radius 2 is 1.60 bits per heavy atom. The standard InChI is InChI=1S/C31H30F3N3O3S.C2H6/c1-17(2)13-25-29(30(35)39)28(21(16-38)24(37-25)10-6-18-3-7-20(32)8-4-18)26-11-12-27(41-26)31(40)36-15-19-5-9-22(33)23(34)14-19;1-2/h3-5,7-9,11-12,14,17,38H,6,10,13,15-16H2,1-2H3,(H2,35,39)(H,36,40);1-2H3. The molecule has 4 aromatic rings. The zero-order valence-electron chi connectivity index (χ0n) is 24.6. The first-order valence-electron chi connectivity index (χ1n) is 14.1. The SMILES string of the molecule is CC.CC(C)Cc1nc(CCc2ccc(F)cc2)c(CO)c(-c2ccc(C(=O)NCc3ccc(F)c(F)c3)s2)c1C(N)=O. The van der Waals surface area contributed by atoms with Crippen molar-refractivity contribution in [3.8, 4) is 10.4 Å². The molecule has 0 saturated carbocycles. The van der Waals surface area contributed by atoms with Gasteiger partial charge in [-0.15, -0.1) is 11.3 Å². The summed E-state index contributed by atoms with van der Waals surface area (Å²) in [5, 5.41) is 13.2. The average molecular weight is 612 g/mol. The third-order valence-corrected chi connectivity index (χ3v) is 7.64. The van der Waals surface area contributed by atoms with Gasteiger partial charge in [-0.2, -0.15) is 0 Å². The quantitative estimate of drug-likeness (QED) is 0.174. The van der Waals surface area contributed by atoms with Crippen molar-refractivity contribution in [2.24, 2.45) is 11.7 Å². The van der Waals surface area contributed by atoms with E-state index in [1.165, 1.54) is 18.2 Å². The van der Waals surface area contributed by atoms with E-state index in [9.17, 15) is 27.9 Å². The number of amides is 2. The molecule has 6 nitrogen and oxygen atoms in total. The molecule has 2 heterocycles. The summed E-state index contributed by atoms with van der Waals surface area (Å²) in [5.74, 6) is -3.29. The molecule has 228 valence electrons. The van der Waals surface area contributed by atoms with Gasteiger partial charge in [0.1, 0.15) is 5.82 Å². The monoisotopic (exact) mass is 611 g/mol. The van der Waals surface area contributed by atoms with Gasteiger partial charge in [-0.05, 0) is 72.7 Å². The van der Waals surface area contributed by atoms with Crippen LogP contribution in [-0.2, 0) is 32.4 Å². The van der Waals surface area contributed by atoms with Crippen molar-refractivity contribution in [2.75, 3.05) is 0 Å². The first-order valence-corrected chi connectivity index (χ1v) is 14.9. The van der Waals surface area contributed by atoms with Gasteiger partial charge in [0.25, 0.3) is 11.8 Å². The van der Waals surface area contributed by atoms with Crippen LogP contribution in [0.3, 0.4) is 0 Å². The summed E-state index contributed by atoms with van der Waals surface area (Å²) in [6.07, 6.45) is 1.41. The Hall–Kier alpha value is -4.02. The fraction of sp³-hybridized carbons (Fsp3) is 0.303. The fourth-order valence-corrected chi connectivity index (χ4v) is 5.60. The number of nitrogens with zero attached hydrogens (tertiary/aromatic N) is 1. The molecule has 0 fully saturated rings. The van der Waals surface area contributed by atoms with Gasteiger partial charge in [0.2, 0.25) is 0 Å². The lowest BCUT2D eigenvalue weighted by Crippen LogP contribution is -2.22. The number of pyridine rings is 1. The molecule has 0 saturated heterocycles. The number of rotatable bonds is 11. The Balaban J connectivity index is 0.00000248. The van der Waals surface area contributed by atoms with Gasteiger partial charge >= 0.3 is 0 Å². The number of carbonyl (C=O) groups excluding carboxylic acids is 2. The predicted octanol–water partition coefficient (Wildman–Crippen LogP) is 6.76. The minimum atomic E-state index is -1.00. The molecular formula is C33H36F3N3O3S. The highest BCUT2D eigenvalue weighted by atomic mass is 32.1. The lowest BCUT2D eigenvalue weighted by atomic mass is 9.91. The molecule has 0 aliphatic carbocycles. The minimum Gasteiger partial charge on any atom is -0.392 e. The van der Waals surface area contributed by atoms with Crippen LogP contribution >= 0.6 is 11.3 Å². The van der Waals surface area contributed by atoms with E-state index in [1.54, 1.807) is 24.3 Å². The number of aryl methyl sites for hydroxylation is 2. The number of primary amides is 1. The van der Waals surface area contributed by atoms with Gasteiger partial charge in [-0.3, -0.25) is 14.6 Å². The summed E-state index contributed by atoms with van der Waals surface area (Å²) in [6, 6.07) is 12.8. The van der Waals surface area contributed by atoms with Gasteiger partial charge in [-0.1, -0.05) is 45.9 Å². The molecule has 0 aliphatic heterocycles. The topological polar surface area (TPSA) is 105 Å². The molecule has 2 aromatic heterocycles. The maximum atomic E-state index is 13.5. The molecule has 0 radical (unpaired) electrons. The Kier molecular flexibility index (Phi) is 12.0. The number of thiophene rings is 1. The second kappa shape index (κ2) is 15.5. The zero-order chi connectivity index (χ0) is 31.7. The highest BCUT2D eigenvalue weighted by Crippen LogP contribution is 2.37. The predicted molar refractivity (Wildman–Crippen MR) is 163 cm³/mol. The average Bonchev–Trinajstić information content (AvgIpc) is 3.47. The summed E-state index contributed by atoms with van der Waals surface area (Å²) in [5.41, 5.74) is 9.30. The molecule has 0 unspecified atom stereocenters. The van der Waals surface area contributed by atoms with E-state index in [0.29, 0.717) is 57.1 Å². The van der Waals surface area contributed by atoms with Crippen LogP contribution < -0.4 is 11.1 Å². The van der Waals surface area contributed by atoms with Crippen molar-refractivity contribution >= 4 is 23.2 Å². The first-order chi connectivity index (χ1) is 20.6. The van der Waals surface area contributed by atoms with E-state index >= 15 is 0 Å². The van der Waals surface area contributed by atoms with E-state index in [1.807, 2.05) is 27.7 Å². The second-order valence-electron chi connectivity index (χ2n) is 10.1. The van der Waals surface area contributed by atoms with Crippen LogP contribution in [0.5, 0.6) is 0 Å². The Morgan fingerprint density at radius 3 is 2.21 bits per heavy atom. The van der Waals surface area contributed by atoms with Crippen molar-refractivity contribution in [3.63, 3.8) is 0 Å².